The van der Waals surface area contributed by atoms with Crippen LogP contribution < -0.4 is 0 Å². The maximum Gasteiger partial charge on any atom is 0.290 e. The zero-order valence-corrected chi connectivity index (χ0v) is 24.3. The highest BCUT2D eigenvalue weighted by molar-refractivity contribution is 14.1. The molecule has 4 rings (SSSR count). The van der Waals surface area contributed by atoms with Gasteiger partial charge in [0.2, 0.25) is 0 Å². The quantitative estimate of drug-likeness (QED) is 0.174. The third-order valence-electron chi connectivity index (χ3n) is 6.96. The zero-order chi connectivity index (χ0) is 26.7. The predicted octanol–water partition coefficient (Wildman–Crippen LogP) is 6.98. The molecule has 8 heteroatoms. The number of hydrogen-bond acceptors (Lipinski definition) is 4. The highest BCUT2D eigenvalue weighted by Gasteiger charge is 2.32. The van der Waals surface area contributed by atoms with Crippen molar-refractivity contribution in [1.29, 1.82) is 5.41 Å². The van der Waals surface area contributed by atoms with Gasteiger partial charge >= 0.3 is 0 Å². The number of benzene rings is 2. The van der Waals surface area contributed by atoms with Crippen LogP contribution in [0.5, 0.6) is 0 Å². The van der Waals surface area contributed by atoms with E-state index in [1.54, 1.807) is 0 Å². The second-order valence-electron chi connectivity index (χ2n) is 9.57. The van der Waals surface area contributed by atoms with Gasteiger partial charge in [0.05, 0.1) is 5.70 Å². The monoisotopic (exact) mass is 630 g/mol. The molecule has 194 valence electrons. The van der Waals surface area contributed by atoms with E-state index < -0.39 is 0 Å². The molecule has 1 aliphatic heterocycles. The molecule has 0 radical (unpaired) electrons. The van der Waals surface area contributed by atoms with Crippen LogP contribution in [0.1, 0.15) is 41.9 Å². The number of carbonyl (C=O) groups excluding carboxylic acids is 1. The fourth-order valence-electron chi connectivity index (χ4n) is 4.71. The highest BCUT2D eigenvalue weighted by atomic mass is 127. The number of nitrogens with one attached hydrogen (secondary N) is 1. The van der Waals surface area contributed by atoms with Crippen LogP contribution in [0, 0.1) is 21.8 Å². The Hall–Kier alpha value is -2.65. The van der Waals surface area contributed by atoms with Gasteiger partial charge in [-0.25, -0.2) is 4.99 Å². The molecule has 1 amide bonds. The van der Waals surface area contributed by atoms with Gasteiger partial charge in [-0.3, -0.25) is 10.2 Å². The Morgan fingerprint density at radius 2 is 2.11 bits per heavy atom. The summed E-state index contributed by atoms with van der Waals surface area (Å²) in [6.45, 7) is 11.9. The van der Waals surface area contributed by atoms with E-state index in [0.717, 1.165) is 43.5 Å². The van der Waals surface area contributed by atoms with Crippen molar-refractivity contribution in [1.82, 2.24) is 9.80 Å². The fraction of sp³-hybridized carbons (Fsp3) is 0.345. The Morgan fingerprint density at radius 3 is 2.81 bits per heavy atom. The van der Waals surface area contributed by atoms with Gasteiger partial charge in [0.15, 0.2) is 11.6 Å². The van der Waals surface area contributed by atoms with E-state index in [1.807, 2.05) is 66.3 Å². The van der Waals surface area contributed by atoms with E-state index in [0.29, 0.717) is 31.1 Å². The Balaban J connectivity index is 1.37. The van der Waals surface area contributed by atoms with Gasteiger partial charge in [0.25, 0.3) is 5.91 Å². The van der Waals surface area contributed by atoms with Crippen molar-refractivity contribution in [3.63, 3.8) is 0 Å². The Kier molecular flexibility index (Phi) is 8.75. The fourth-order valence-corrected chi connectivity index (χ4v) is 5.41. The first kappa shape index (κ1) is 27.4. The molecule has 1 saturated heterocycles. The molecule has 37 heavy (non-hydrogen) atoms. The predicted molar refractivity (Wildman–Crippen MR) is 160 cm³/mol. The molecule has 6 nitrogen and oxygen atoms in total. The SMILES string of the molecule is C=C(C(=N)N=CC(CC)Cc1cccc(Cl)c1)N1CCN(C(=O)c2oc3ccc(I)cc3c2C)C(C)C1. The van der Waals surface area contributed by atoms with E-state index in [9.17, 15) is 4.79 Å². The minimum atomic E-state index is -0.0960. The van der Waals surface area contributed by atoms with Gasteiger partial charge in [0.1, 0.15) is 5.58 Å². The van der Waals surface area contributed by atoms with Gasteiger partial charge in [0, 0.05) is 51.4 Å². The summed E-state index contributed by atoms with van der Waals surface area (Å²) in [5, 5.41) is 10.2. The number of fused-ring (bicyclic) bond motifs is 1. The van der Waals surface area contributed by atoms with Gasteiger partial charge < -0.3 is 14.2 Å². The van der Waals surface area contributed by atoms with Crippen molar-refractivity contribution >= 4 is 63.1 Å². The number of piperazine rings is 1. The molecule has 2 heterocycles. The molecule has 0 saturated carbocycles. The molecule has 2 aromatic carbocycles. The van der Waals surface area contributed by atoms with Crippen LogP contribution in [0.4, 0.5) is 0 Å². The Bertz CT molecular complexity index is 1370. The lowest BCUT2D eigenvalue weighted by Gasteiger charge is -2.41. The third-order valence-corrected chi connectivity index (χ3v) is 7.87. The summed E-state index contributed by atoms with van der Waals surface area (Å²) in [5.74, 6) is 0.662. The molecule has 1 aliphatic rings. The summed E-state index contributed by atoms with van der Waals surface area (Å²) < 4.78 is 7.06. The molecule has 0 aliphatic carbocycles. The summed E-state index contributed by atoms with van der Waals surface area (Å²) in [5.41, 5.74) is 3.33. The van der Waals surface area contributed by atoms with Crippen LogP contribution in [0.15, 0.2) is 64.2 Å². The lowest BCUT2D eigenvalue weighted by molar-refractivity contribution is 0.0522. The number of rotatable bonds is 7. The second kappa shape index (κ2) is 11.8. The minimum Gasteiger partial charge on any atom is -0.451 e. The van der Waals surface area contributed by atoms with Crippen molar-refractivity contribution in [3.05, 3.63) is 80.2 Å². The number of carbonyl (C=O) groups is 1. The summed E-state index contributed by atoms with van der Waals surface area (Å²) in [4.78, 5) is 21.7. The maximum absolute atomic E-state index is 13.4. The van der Waals surface area contributed by atoms with Crippen LogP contribution in [-0.2, 0) is 6.42 Å². The molecule has 1 fully saturated rings. The molecule has 1 aromatic heterocycles. The van der Waals surface area contributed by atoms with Crippen molar-refractivity contribution in [2.75, 3.05) is 19.6 Å². The normalized spacial score (nSPS) is 16.9. The van der Waals surface area contributed by atoms with Crippen LogP contribution in [0.2, 0.25) is 5.02 Å². The number of aliphatic imine (C=N–C) groups is 1. The summed E-state index contributed by atoms with van der Waals surface area (Å²) in [6, 6.07) is 13.7. The first-order chi connectivity index (χ1) is 17.7. The lowest BCUT2D eigenvalue weighted by atomic mass is 9.98. The van der Waals surface area contributed by atoms with Crippen LogP contribution in [0.3, 0.4) is 0 Å². The summed E-state index contributed by atoms with van der Waals surface area (Å²) in [7, 11) is 0. The summed E-state index contributed by atoms with van der Waals surface area (Å²) >= 11 is 8.39. The van der Waals surface area contributed by atoms with Crippen molar-refractivity contribution in [3.8, 4) is 0 Å². The average molecular weight is 631 g/mol. The third kappa shape index (κ3) is 6.26. The number of halogens is 2. The number of amides is 1. The minimum absolute atomic E-state index is 0.0613. The standard InChI is InChI=1S/C29H32ClIN4O2/c1-5-21(13-22-7-6-8-23(30)14-22)16-33-28(32)20(4)34-11-12-35(18(2)17-34)29(36)27-19(3)25-15-24(31)9-10-26(25)37-27/h6-10,14-16,18,21,32H,4-5,11-13,17H2,1-3H3. The van der Waals surface area contributed by atoms with Crippen molar-refractivity contribution in [2.45, 2.75) is 39.7 Å². The molecule has 0 bridgehead atoms. The lowest BCUT2D eigenvalue weighted by Crippen LogP contribution is -2.54. The zero-order valence-electron chi connectivity index (χ0n) is 21.4. The molecular weight excluding hydrogens is 599 g/mol. The van der Waals surface area contributed by atoms with Gasteiger partial charge in [-0.1, -0.05) is 37.2 Å². The second-order valence-corrected chi connectivity index (χ2v) is 11.2. The first-order valence-electron chi connectivity index (χ1n) is 12.5. The number of hydrogen-bond donors (Lipinski definition) is 1. The average Bonchev–Trinajstić information content (AvgIpc) is 3.21. The smallest absolute Gasteiger partial charge is 0.290 e. The number of furan rings is 1. The Labute approximate surface area is 237 Å². The van der Waals surface area contributed by atoms with E-state index in [4.69, 9.17) is 21.4 Å². The molecule has 2 atom stereocenters. The van der Waals surface area contributed by atoms with Crippen LogP contribution in [-0.4, -0.2) is 53.4 Å². The van der Waals surface area contributed by atoms with Crippen molar-refractivity contribution < 1.29 is 9.21 Å². The Morgan fingerprint density at radius 1 is 1.32 bits per heavy atom. The van der Waals surface area contributed by atoms with Gasteiger partial charge in [-0.2, -0.15) is 0 Å². The molecule has 1 N–H and O–H groups in total. The number of nitrogens with zero attached hydrogens (tertiary/aromatic N) is 3. The van der Waals surface area contributed by atoms with E-state index in [1.165, 1.54) is 0 Å². The van der Waals surface area contributed by atoms with E-state index in [2.05, 4.69) is 47.2 Å². The highest BCUT2D eigenvalue weighted by Crippen LogP contribution is 2.29. The van der Waals surface area contributed by atoms with Crippen LogP contribution in [0.25, 0.3) is 11.0 Å². The molecule has 0 spiro atoms. The number of amidine groups is 1. The van der Waals surface area contributed by atoms with Crippen LogP contribution >= 0.6 is 34.2 Å². The first-order valence-corrected chi connectivity index (χ1v) is 13.9. The molecule has 3 aromatic rings. The molecule has 2 unspecified atom stereocenters. The van der Waals surface area contributed by atoms with E-state index in [-0.39, 0.29) is 23.7 Å². The maximum atomic E-state index is 13.4. The largest absolute Gasteiger partial charge is 0.451 e. The topological polar surface area (TPSA) is 72.9 Å². The van der Waals surface area contributed by atoms with Crippen molar-refractivity contribution in [2.24, 2.45) is 10.9 Å². The molecular formula is C29H32ClIN4O2. The number of aryl methyl sites for hydroxylation is 1. The van der Waals surface area contributed by atoms with E-state index >= 15 is 0 Å². The van der Waals surface area contributed by atoms with Gasteiger partial charge in [-0.15, -0.1) is 0 Å². The van der Waals surface area contributed by atoms with Gasteiger partial charge in [-0.05, 0) is 91.1 Å². The summed E-state index contributed by atoms with van der Waals surface area (Å²) in [6.07, 6.45) is 3.58.